The molecule has 1 aliphatic heterocycles. The van der Waals surface area contributed by atoms with Gasteiger partial charge in [0.05, 0.1) is 11.3 Å². The lowest BCUT2D eigenvalue weighted by Gasteiger charge is -2.35. The van der Waals surface area contributed by atoms with Crippen LogP contribution in [0.15, 0.2) is 18.2 Å². The first-order valence-corrected chi connectivity index (χ1v) is 5.79. The van der Waals surface area contributed by atoms with Crippen molar-refractivity contribution >= 4 is 17.6 Å². The Kier molecular flexibility index (Phi) is 2.98. The van der Waals surface area contributed by atoms with Crippen LogP contribution >= 0.6 is 0 Å². The van der Waals surface area contributed by atoms with E-state index in [2.05, 4.69) is 0 Å². The molecule has 0 saturated carbocycles. The van der Waals surface area contributed by atoms with E-state index in [0.717, 1.165) is 0 Å². The number of rotatable bonds is 2. The number of carbonyl (C=O) groups excluding carboxylic acids is 1. The fraction of sp³-hybridized carbons (Fsp3) is 0.385. The summed E-state index contributed by atoms with van der Waals surface area (Å²) in [6.45, 7) is 5.45. The molecule has 5 heteroatoms. The quantitative estimate of drug-likeness (QED) is 0.869. The fourth-order valence-corrected chi connectivity index (χ4v) is 2.03. The zero-order valence-corrected chi connectivity index (χ0v) is 10.5. The van der Waals surface area contributed by atoms with Gasteiger partial charge in [-0.2, -0.15) is 0 Å². The minimum Gasteiger partial charge on any atom is -0.479 e. The summed E-state index contributed by atoms with van der Waals surface area (Å²) in [4.78, 5) is 24.6. The summed E-state index contributed by atoms with van der Waals surface area (Å²) in [6.07, 6.45) is -0.546. The predicted molar refractivity (Wildman–Crippen MR) is 66.1 cm³/mol. The Balaban J connectivity index is 2.55. The SMILES string of the molecule is CC1Oc2ccc(C(=O)O)cc2N(C(C)C)C1=O. The van der Waals surface area contributed by atoms with E-state index >= 15 is 0 Å². The van der Waals surface area contributed by atoms with Crippen LogP contribution in [-0.4, -0.2) is 29.1 Å². The molecule has 1 atom stereocenters. The number of carboxylic acids is 1. The largest absolute Gasteiger partial charge is 0.479 e. The number of hydrogen-bond donors (Lipinski definition) is 1. The van der Waals surface area contributed by atoms with Gasteiger partial charge in [0.25, 0.3) is 5.91 Å². The summed E-state index contributed by atoms with van der Waals surface area (Å²) in [5.74, 6) is -0.631. The minimum atomic E-state index is -1.02. The molecule has 1 aliphatic rings. The van der Waals surface area contributed by atoms with Crippen LogP contribution in [0, 0.1) is 0 Å². The molecule has 1 unspecified atom stereocenters. The molecule has 5 nitrogen and oxygen atoms in total. The first kappa shape index (κ1) is 12.4. The summed E-state index contributed by atoms with van der Waals surface area (Å²) < 4.78 is 5.48. The number of carboxylic acid groups (broad SMARTS) is 1. The number of fused-ring (bicyclic) bond motifs is 1. The van der Waals surface area contributed by atoms with Crippen LogP contribution < -0.4 is 9.64 Å². The molecule has 1 aromatic rings. The van der Waals surface area contributed by atoms with E-state index in [1.165, 1.54) is 12.1 Å². The topological polar surface area (TPSA) is 66.8 Å². The number of carbonyl (C=O) groups is 2. The van der Waals surface area contributed by atoms with Crippen molar-refractivity contribution in [3.63, 3.8) is 0 Å². The van der Waals surface area contributed by atoms with Gasteiger partial charge in [0.1, 0.15) is 5.75 Å². The van der Waals surface area contributed by atoms with E-state index in [0.29, 0.717) is 11.4 Å². The van der Waals surface area contributed by atoms with Crippen molar-refractivity contribution in [2.45, 2.75) is 32.9 Å². The highest BCUT2D eigenvalue weighted by atomic mass is 16.5. The van der Waals surface area contributed by atoms with Gasteiger partial charge >= 0.3 is 5.97 Å². The van der Waals surface area contributed by atoms with E-state index < -0.39 is 12.1 Å². The van der Waals surface area contributed by atoms with Gasteiger partial charge in [-0.3, -0.25) is 4.79 Å². The van der Waals surface area contributed by atoms with Crippen molar-refractivity contribution in [3.8, 4) is 5.75 Å². The first-order valence-electron chi connectivity index (χ1n) is 5.79. The van der Waals surface area contributed by atoms with E-state index in [-0.39, 0.29) is 17.5 Å². The van der Waals surface area contributed by atoms with Gasteiger partial charge in [0.2, 0.25) is 0 Å². The van der Waals surface area contributed by atoms with Crippen molar-refractivity contribution in [1.29, 1.82) is 0 Å². The predicted octanol–water partition coefficient (Wildman–Crippen LogP) is 1.91. The molecular weight excluding hydrogens is 234 g/mol. The molecule has 1 aromatic carbocycles. The molecule has 0 bridgehead atoms. The first-order chi connectivity index (χ1) is 8.41. The van der Waals surface area contributed by atoms with Crippen LogP contribution in [-0.2, 0) is 4.79 Å². The molecule has 1 amide bonds. The average molecular weight is 249 g/mol. The smallest absolute Gasteiger partial charge is 0.335 e. The van der Waals surface area contributed by atoms with Crippen LogP contribution in [0.5, 0.6) is 5.75 Å². The molecule has 0 radical (unpaired) electrons. The molecule has 96 valence electrons. The Morgan fingerprint density at radius 1 is 1.44 bits per heavy atom. The second-order valence-electron chi connectivity index (χ2n) is 4.55. The summed E-state index contributed by atoms with van der Waals surface area (Å²) >= 11 is 0. The summed E-state index contributed by atoms with van der Waals surface area (Å²) in [7, 11) is 0. The fourth-order valence-electron chi connectivity index (χ4n) is 2.03. The van der Waals surface area contributed by atoms with Crippen LogP contribution in [0.25, 0.3) is 0 Å². The number of benzene rings is 1. The van der Waals surface area contributed by atoms with Gasteiger partial charge in [0.15, 0.2) is 6.10 Å². The second kappa shape index (κ2) is 4.33. The second-order valence-corrected chi connectivity index (χ2v) is 4.55. The lowest BCUT2D eigenvalue weighted by molar-refractivity contribution is -0.125. The monoisotopic (exact) mass is 249 g/mol. The van der Waals surface area contributed by atoms with Gasteiger partial charge in [0, 0.05) is 6.04 Å². The van der Waals surface area contributed by atoms with Gasteiger partial charge in [-0.25, -0.2) is 4.79 Å². The molecule has 1 heterocycles. The van der Waals surface area contributed by atoms with Crippen molar-refractivity contribution in [2.24, 2.45) is 0 Å². The Morgan fingerprint density at radius 2 is 2.11 bits per heavy atom. The van der Waals surface area contributed by atoms with Crippen molar-refractivity contribution in [2.75, 3.05) is 4.90 Å². The van der Waals surface area contributed by atoms with Gasteiger partial charge in [-0.1, -0.05) is 0 Å². The Hall–Kier alpha value is -2.04. The molecular formula is C13H15NO4. The average Bonchev–Trinajstić information content (AvgIpc) is 2.29. The number of hydrogen-bond acceptors (Lipinski definition) is 3. The normalized spacial score (nSPS) is 18.6. The van der Waals surface area contributed by atoms with E-state index in [1.807, 2.05) is 13.8 Å². The van der Waals surface area contributed by atoms with Crippen LogP contribution in [0.1, 0.15) is 31.1 Å². The van der Waals surface area contributed by atoms with Gasteiger partial charge in [-0.15, -0.1) is 0 Å². The molecule has 18 heavy (non-hydrogen) atoms. The molecule has 0 fully saturated rings. The highest BCUT2D eigenvalue weighted by molar-refractivity contribution is 6.01. The van der Waals surface area contributed by atoms with Crippen molar-refractivity contribution in [1.82, 2.24) is 0 Å². The molecule has 1 N–H and O–H groups in total. The maximum absolute atomic E-state index is 12.1. The third kappa shape index (κ3) is 1.92. The van der Waals surface area contributed by atoms with E-state index in [9.17, 15) is 9.59 Å². The minimum absolute atomic E-state index is 0.0494. The summed E-state index contributed by atoms with van der Waals surface area (Å²) in [5.41, 5.74) is 0.665. The maximum Gasteiger partial charge on any atom is 0.335 e. The third-order valence-corrected chi connectivity index (χ3v) is 2.87. The molecule has 2 rings (SSSR count). The van der Waals surface area contributed by atoms with E-state index in [4.69, 9.17) is 9.84 Å². The third-order valence-electron chi connectivity index (χ3n) is 2.87. The zero-order chi connectivity index (χ0) is 13.4. The van der Waals surface area contributed by atoms with Gasteiger partial charge in [-0.05, 0) is 39.0 Å². The summed E-state index contributed by atoms with van der Waals surface area (Å²) in [6, 6.07) is 4.49. The molecule has 0 aliphatic carbocycles. The highest BCUT2D eigenvalue weighted by Gasteiger charge is 2.33. The number of nitrogens with zero attached hydrogens (tertiary/aromatic N) is 1. The van der Waals surface area contributed by atoms with Crippen LogP contribution in [0.2, 0.25) is 0 Å². The number of anilines is 1. The molecule has 0 spiro atoms. The van der Waals surface area contributed by atoms with Crippen LogP contribution in [0.4, 0.5) is 5.69 Å². The molecule has 0 saturated heterocycles. The number of amides is 1. The maximum atomic E-state index is 12.1. The standard InChI is InChI=1S/C13H15NO4/c1-7(2)14-10-6-9(13(16)17)4-5-11(10)18-8(3)12(14)15/h4-8H,1-3H3,(H,16,17). The van der Waals surface area contributed by atoms with Crippen LogP contribution in [0.3, 0.4) is 0 Å². The molecule has 0 aromatic heterocycles. The highest BCUT2D eigenvalue weighted by Crippen LogP contribution is 2.36. The Labute approximate surface area is 105 Å². The lowest BCUT2D eigenvalue weighted by atomic mass is 10.1. The number of ether oxygens (including phenoxy) is 1. The van der Waals surface area contributed by atoms with Gasteiger partial charge < -0.3 is 14.7 Å². The van der Waals surface area contributed by atoms with Crippen molar-refractivity contribution in [3.05, 3.63) is 23.8 Å². The lowest BCUT2D eigenvalue weighted by Crippen LogP contribution is -2.47. The van der Waals surface area contributed by atoms with Crippen molar-refractivity contribution < 1.29 is 19.4 Å². The van der Waals surface area contributed by atoms with E-state index in [1.54, 1.807) is 17.9 Å². The summed E-state index contributed by atoms with van der Waals surface area (Å²) in [5, 5.41) is 8.98. The Morgan fingerprint density at radius 3 is 2.67 bits per heavy atom. The zero-order valence-electron chi connectivity index (χ0n) is 10.5. The number of aromatic carboxylic acids is 1. The Bertz CT molecular complexity index is 510.